The number of hydrogen-bond donors (Lipinski definition) is 2. The van der Waals surface area contributed by atoms with Crippen molar-refractivity contribution in [1.29, 1.82) is 0 Å². The standard InChI is InChI=1S/C15H24N4S/c1-4-11-8-12-13(18-10-19-14(12)20-11)17-9-15(2,3)6-5-7-16/h8,10H,4-7,9,16H2,1-3H3,(H,17,18,19). The Balaban J connectivity index is 2.11. The largest absolute Gasteiger partial charge is 0.369 e. The third-order valence-electron chi connectivity index (χ3n) is 3.52. The number of aryl methyl sites for hydroxylation is 1. The molecule has 0 unspecified atom stereocenters. The molecule has 0 aliphatic heterocycles. The Kier molecular flexibility index (Phi) is 4.94. The number of nitrogens with zero attached hydrogens (tertiary/aromatic N) is 2. The summed E-state index contributed by atoms with van der Waals surface area (Å²) in [5.41, 5.74) is 5.82. The number of nitrogens with two attached hydrogens (primary N) is 1. The van der Waals surface area contributed by atoms with Crippen molar-refractivity contribution in [3.05, 3.63) is 17.3 Å². The first-order chi connectivity index (χ1) is 9.55. The maximum atomic E-state index is 5.60. The molecule has 0 saturated heterocycles. The Morgan fingerprint density at radius 3 is 2.85 bits per heavy atom. The fourth-order valence-corrected chi connectivity index (χ4v) is 3.15. The van der Waals surface area contributed by atoms with Crippen molar-refractivity contribution in [1.82, 2.24) is 9.97 Å². The Morgan fingerprint density at radius 1 is 1.35 bits per heavy atom. The highest BCUT2D eigenvalue weighted by molar-refractivity contribution is 7.18. The third-order valence-corrected chi connectivity index (χ3v) is 4.71. The summed E-state index contributed by atoms with van der Waals surface area (Å²) in [7, 11) is 0. The molecule has 5 heteroatoms. The average molecular weight is 292 g/mol. The Morgan fingerprint density at radius 2 is 2.15 bits per heavy atom. The number of anilines is 1. The van der Waals surface area contributed by atoms with Crippen LogP contribution >= 0.6 is 11.3 Å². The van der Waals surface area contributed by atoms with E-state index < -0.39 is 0 Å². The molecule has 0 aliphatic rings. The molecule has 110 valence electrons. The molecule has 2 aromatic rings. The van der Waals surface area contributed by atoms with Crippen LogP contribution in [0.3, 0.4) is 0 Å². The van der Waals surface area contributed by atoms with Gasteiger partial charge in [-0.25, -0.2) is 9.97 Å². The van der Waals surface area contributed by atoms with E-state index in [1.807, 2.05) is 0 Å². The fraction of sp³-hybridized carbons (Fsp3) is 0.600. The Bertz CT molecular complexity index is 562. The molecule has 0 atom stereocenters. The molecule has 3 N–H and O–H groups in total. The first kappa shape index (κ1) is 15.2. The maximum absolute atomic E-state index is 5.60. The van der Waals surface area contributed by atoms with Gasteiger partial charge in [0, 0.05) is 11.4 Å². The summed E-state index contributed by atoms with van der Waals surface area (Å²) < 4.78 is 0. The van der Waals surface area contributed by atoms with Crippen LogP contribution < -0.4 is 11.1 Å². The number of fused-ring (bicyclic) bond motifs is 1. The van der Waals surface area contributed by atoms with E-state index in [-0.39, 0.29) is 5.41 Å². The molecule has 2 aromatic heterocycles. The van der Waals surface area contributed by atoms with Crippen molar-refractivity contribution in [3.8, 4) is 0 Å². The van der Waals surface area contributed by atoms with Gasteiger partial charge in [0.2, 0.25) is 0 Å². The molecule has 2 rings (SSSR count). The predicted molar refractivity (Wildman–Crippen MR) is 87.4 cm³/mol. The summed E-state index contributed by atoms with van der Waals surface area (Å²) in [5.74, 6) is 0.951. The smallest absolute Gasteiger partial charge is 0.138 e. The van der Waals surface area contributed by atoms with E-state index >= 15 is 0 Å². The van der Waals surface area contributed by atoms with Crippen molar-refractivity contribution in [2.24, 2.45) is 11.1 Å². The minimum atomic E-state index is 0.222. The molecule has 0 aromatic carbocycles. The van der Waals surface area contributed by atoms with Crippen LogP contribution in [-0.4, -0.2) is 23.1 Å². The van der Waals surface area contributed by atoms with Crippen molar-refractivity contribution >= 4 is 27.4 Å². The van der Waals surface area contributed by atoms with Crippen molar-refractivity contribution in [2.45, 2.75) is 40.0 Å². The van der Waals surface area contributed by atoms with E-state index in [9.17, 15) is 0 Å². The van der Waals surface area contributed by atoms with Gasteiger partial charge in [-0.15, -0.1) is 11.3 Å². The summed E-state index contributed by atoms with van der Waals surface area (Å²) in [5, 5.41) is 4.63. The highest BCUT2D eigenvalue weighted by atomic mass is 32.1. The molecule has 20 heavy (non-hydrogen) atoms. The monoisotopic (exact) mass is 292 g/mol. The van der Waals surface area contributed by atoms with Crippen LogP contribution in [0, 0.1) is 5.41 Å². The Hall–Kier alpha value is -1.20. The molecule has 0 aliphatic carbocycles. The van der Waals surface area contributed by atoms with Crippen LogP contribution in [-0.2, 0) is 6.42 Å². The van der Waals surface area contributed by atoms with Crippen LogP contribution in [0.25, 0.3) is 10.2 Å². The second kappa shape index (κ2) is 6.50. The molecule has 0 amide bonds. The predicted octanol–water partition coefficient (Wildman–Crippen LogP) is 3.43. The summed E-state index contributed by atoms with van der Waals surface area (Å²) in [6.45, 7) is 8.35. The molecular formula is C15H24N4S. The highest BCUT2D eigenvalue weighted by Crippen LogP contribution is 2.29. The van der Waals surface area contributed by atoms with Gasteiger partial charge in [0.25, 0.3) is 0 Å². The van der Waals surface area contributed by atoms with Gasteiger partial charge in [-0.3, -0.25) is 0 Å². The zero-order chi connectivity index (χ0) is 14.6. The molecule has 0 bridgehead atoms. The number of hydrogen-bond acceptors (Lipinski definition) is 5. The quantitative estimate of drug-likeness (QED) is 0.820. The summed E-state index contributed by atoms with van der Waals surface area (Å²) >= 11 is 1.75. The molecule has 0 spiro atoms. The minimum Gasteiger partial charge on any atom is -0.369 e. The van der Waals surface area contributed by atoms with E-state index in [0.29, 0.717) is 0 Å². The van der Waals surface area contributed by atoms with Crippen molar-refractivity contribution in [2.75, 3.05) is 18.4 Å². The second-order valence-electron chi connectivity index (χ2n) is 5.92. The molecule has 2 heterocycles. The van der Waals surface area contributed by atoms with E-state index in [2.05, 4.69) is 42.1 Å². The molecule has 0 saturated carbocycles. The first-order valence-electron chi connectivity index (χ1n) is 7.23. The lowest BCUT2D eigenvalue weighted by atomic mass is 9.88. The number of nitrogens with one attached hydrogen (secondary N) is 1. The summed E-state index contributed by atoms with van der Waals surface area (Å²) in [4.78, 5) is 11.2. The third kappa shape index (κ3) is 3.67. The van der Waals surface area contributed by atoms with Gasteiger partial charge < -0.3 is 11.1 Å². The van der Waals surface area contributed by atoms with Crippen LogP contribution in [0.2, 0.25) is 0 Å². The van der Waals surface area contributed by atoms with Crippen LogP contribution in [0.15, 0.2) is 12.4 Å². The first-order valence-corrected chi connectivity index (χ1v) is 8.05. The maximum Gasteiger partial charge on any atom is 0.138 e. The lowest BCUT2D eigenvalue weighted by Crippen LogP contribution is -2.24. The molecule has 0 fully saturated rings. The van der Waals surface area contributed by atoms with Crippen LogP contribution in [0.1, 0.15) is 38.5 Å². The highest BCUT2D eigenvalue weighted by Gasteiger charge is 2.18. The SMILES string of the molecule is CCc1cc2c(NCC(C)(C)CCCN)ncnc2s1. The van der Waals surface area contributed by atoms with E-state index in [1.54, 1.807) is 17.7 Å². The van der Waals surface area contributed by atoms with Gasteiger partial charge in [0.05, 0.1) is 5.39 Å². The lowest BCUT2D eigenvalue weighted by molar-refractivity contribution is 0.350. The summed E-state index contributed by atoms with van der Waals surface area (Å²) in [6, 6.07) is 2.20. The van der Waals surface area contributed by atoms with Gasteiger partial charge in [0.15, 0.2) is 0 Å². The molecule has 4 nitrogen and oxygen atoms in total. The number of rotatable bonds is 7. The van der Waals surface area contributed by atoms with E-state index in [1.165, 1.54) is 4.88 Å². The summed E-state index contributed by atoms with van der Waals surface area (Å²) in [6.07, 6.45) is 4.87. The molecular weight excluding hydrogens is 268 g/mol. The Labute approximate surface area is 124 Å². The normalized spacial score (nSPS) is 12.0. The van der Waals surface area contributed by atoms with Gasteiger partial charge >= 0.3 is 0 Å². The zero-order valence-electron chi connectivity index (χ0n) is 12.6. The number of aromatic nitrogens is 2. The van der Waals surface area contributed by atoms with E-state index in [4.69, 9.17) is 5.73 Å². The second-order valence-corrected chi connectivity index (χ2v) is 7.03. The zero-order valence-corrected chi connectivity index (χ0v) is 13.4. The van der Waals surface area contributed by atoms with Gasteiger partial charge in [-0.1, -0.05) is 20.8 Å². The number of thiophene rings is 1. The lowest BCUT2D eigenvalue weighted by Gasteiger charge is -2.25. The van der Waals surface area contributed by atoms with Gasteiger partial charge in [-0.05, 0) is 37.3 Å². The van der Waals surface area contributed by atoms with Crippen molar-refractivity contribution < 1.29 is 0 Å². The van der Waals surface area contributed by atoms with E-state index in [0.717, 1.165) is 48.4 Å². The minimum absolute atomic E-state index is 0.222. The van der Waals surface area contributed by atoms with Crippen LogP contribution in [0.4, 0.5) is 5.82 Å². The van der Waals surface area contributed by atoms with Gasteiger partial charge in [0.1, 0.15) is 17.0 Å². The van der Waals surface area contributed by atoms with Gasteiger partial charge in [-0.2, -0.15) is 0 Å². The fourth-order valence-electron chi connectivity index (χ4n) is 2.21. The topological polar surface area (TPSA) is 63.8 Å². The van der Waals surface area contributed by atoms with Crippen molar-refractivity contribution in [3.63, 3.8) is 0 Å². The molecule has 0 radical (unpaired) electrons. The van der Waals surface area contributed by atoms with Crippen LogP contribution in [0.5, 0.6) is 0 Å². The average Bonchev–Trinajstić information content (AvgIpc) is 2.86.